The van der Waals surface area contributed by atoms with Gasteiger partial charge in [0.2, 0.25) is 11.8 Å². The van der Waals surface area contributed by atoms with Gasteiger partial charge in [-0.1, -0.05) is 18.5 Å². The molecule has 0 aromatic heterocycles. The zero-order chi connectivity index (χ0) is 19.7. The van der Waals surface area contributed by atoms with Crippen LogP contribution in [0.1, 0.15) is 32.8 Å². The zero-order valence-corrected chi connectivity index (χ0v) is 16.6. The molecule has 0 saturated carbocycles. The van der Waals surface area contributed by atoms with Crippen LogP contribution in [0.5, 0.6) is 0 Å². The molecular weight excluding hydrogens is 352 g/mol. The van der Waals surface area contributed by atoms with Crippen LogP contribution in [0.3, 0.4) is 0 Å². The van der Waals surface area contributed by atoms with E-state index in [1.165, 1.54) is 0 Å². The Balaban J connectivity index is 2.88. The van der Waals surface area contributed by atoms with Crippen LogP contribution in [0.4, 0.5) is 5.69 Å². The quantitative estimate of drug-likeness (QED) is 0.716. The molecule has 0 atom stereocenters. The lowest BCUT2D eigenvalue weighted by Crippen LogP contribution is -2.45. The SMILES string of the molecule is CCN(CC(=O)NC(C)C)CC(=O)N(CCC#N)c1ccc(Cl)c(C)c1. The molecule has 0 radical (unpaired) electrons. The van der Waals surface area contributed by atoms with Crippen LogP contribution in [-0.4, -0.2) is 48.9 Å². The number of nitrogens with zero attached hydrogens (tertiary/aromatic N) is 3. The van der Waals surface area contributed by atoms with Crippen LogP contribution in [0, 0.1) is 18.3 Å². The molecule has 0 aliphatic rings. The third-order valence-corrected chi connectivity index (χ3v) is 4.25. The van der Waals surface area contributed by atoms with Crippen molar-refractivity contribution in [3.63, 3.8) is 0 Å². The van der Waals surface area contributed by atoms with Crippen LogP contribution in [-0.2, 0) is 9.59 Å². The van der Waals surface area contributed by atoms with E-state index in [4.69, 9.17) is 16.9 Å². The summed E-state index contributed by atoms with van der Waals surface area (Å²) in [5.41, 5.74) is 1.57. The highest BCUT2D eigenvalue weighted by atomic mass is 35.5. The number of rotatable bonds is 9. The molecular formula is C19H27ClN4O2. The number of carbonyl (C=O) groups is 2. The van der Waals surface area contributed by atoms with E-state index in [1.54, 1.807) is 21.9 Å². The number of halogens is 1. The number of carbonyl (C=O) groups excluding carboxylic acids is 2. The molecule has 0 saturated heterocycles. The second-order valence-electron chi connectivity index (χ2n) is 6.41. The van der Waals surface area contributed by atoms with Gasteiger partial charge in [-0.3, -0.25) is 14.5 Å². The lowest BCUT2D eigenvalue weighted by atomic mass is 10.2. The van der Waals surface area contributed by atoms with Crippen molar-refractivity contribution < 1.29 is 9.59 Å². The second-order valence-corrected chi connectivity index (χ2v) is 6.82. The molecule has 1 aromatic carbocycles. The fraction of sp³-hybridized carbons (Fsp3) is 0.526. The van der Waals surface area contributed by atoms with Crippen LogP contribution in [0.2, 0.25) is 5.02 Å². The van der Waals surface area contributed by atoms with Crippen molar-refractivity contribution in [1.82, 2.24) is 10.2 Å². The van der Waals surface area contributed by atoms with Crippen molar-refractivity contribution in [3.05, 3.63) is 28.8 Å². The molecule has 26 heavy (non-hydrogen) atoms. The minimum atomic E-state index is -0.152. The van der Waals surface area contributed by atoms with Gasteiger partial charge in [-0.25, -0.2) is 0 Å². The van der Waals surface area contributed by atoms with Crippen molar-refractivity contribution in [2.24, 2.45) is 0 Å². The second kappa shape index (κ2) is 10.8. The van der Waals surface area contributed by atoms with Gasteiger partial charge in [-0.2, -0.15) is 5.26 Å². The normalized spacial score (nSPS) is 10.7. The Labute approximate surface area is 160 Å². The smallest absolute Gasteiger partial charge is 0.241 e. The molecule has 6 nitrogen and oxygen atoms in total. The number of nitriles is 1. The number of benzene rings is 1. The predicted molar refractivity (Wildman–Crippen MR) is 104 cm³/mol. The molecule has 0 bridgehead atoms. The largest absolute Gasteiger partial charge is 0.353 e. The van der Waals surface area contributed by atoms with E-state index in [0.717, 1.165) is 5.56 Å². The van der Waals surface area contributed by atoms with Gasteiger partial charge in [-0.05, 0) is 51.1 Å². The van der Waals surface area contributed by atoms with E-state index in [-0.39, 0.29) is 37.4 Å². The summed E-state index contributed by atoms with van der Waals surface area (Å²) in [6.07, 6.45) is 0.230. The first-order valence-corrected chi connectivity index (χ1v) is 9.11. The van der Waals surface area contributed by atoms with E-state index in [9.17, 15) is 9.59 Å². The van der Waals surface area contributed by atoms with Crippen molar-refractivity contribution in [2.75, 3.05) is 31.1 Å². The Morgan fingerprint density at radius 3 is 2.54 bits per heavy atom. The van der Waals surface area contributed by atoms with Gasteiger partial charge < -0.3 is 10.2 Å². The Hall–Kier alpha value is -2.10. The summed E-state index contributed by atoms with van der Waals surface area (Å²) < 4.78 is 0. The summed E-state index contributed by atoms with van der Waals surface area (Å²) in [5.74, 6) is -0.262. The number of anilines is 1. The monoisotopic (exact) mass is 378 g/mol. The maximum absolute atomic E-state index is 12.8. The van der Waals surface area contributed by atoms with E-state index >= 15 is 0 Å². The minimum Gasteiger partial charge on any atom is -0.353 e. The molecule has 1 aromatic rings. The maximum Gasteiger partial charge on any atom is 0.241 e. The summed E-state index contributed by atoms with van der Waals surface area (Å²) in [6, 6.07) is 7.47. The van der Waals surface area contributed by atoms with Gasteiger partial charge in [0.1, 0.15) is 0 Å². The van der Waals surface area contributed by atoms with Crippen molar-refractivity contribution >= 4 is 29.1 Å². The molecule has 0 aliphatic carbocycles. The first-order chi connectivity index (χ1) is 12.3. The predicted octanol–water partition coefficient (Wildman–Crippen LogP) is 2.74. The fourth-order valence-corrected chi connectivity index (χ4v) is 2.60. The van der Waals surface area contributed by atoms with E-state index in [1.807, 2.05) is 33.8 Å². The number of likely N-dealkylation sites (N-methyl/N-ethyl adjacent to an activating group) is 1. The first kappa shape index (κ1) is 21.9. The highest BCUT2D eigenvalue weighted by molar-refractivity contribution is 6.31. The molecule has 2 amide bonds. The standard InChI is InChI=1S/C19H27ClN4O2/c1-5-23(12-18(25)22-14(2)3)13-19(26)24(10-6-9-21)16-7-8-17(20)15(4)11-16/h7-8,11,14H,5-6,10,12-13H2,1-4H3,(H,22,25). The van der Waals surface area contributed by atoms with Crippen molar-refractivity contribution in [3.8, 4) is 6.07 Å². The van der Waals surface area contributed by atoms with Gasteiger partial charge in [0.05, 0.1) is 25.6 Å². The van der Waals surface area contributed by atoms with E-state index in [2.05, 4.69) is 11.4 Å². The molecule has 1 N–H and O–H groups in total. The van der Waals surface area contributed by atoms with Gasteiger partial charge >= 0.3 is 0 Å². The fourth-order valence-electron chi connectivity index (χ4n) is 2.48. The topological polar surface area (TPSA) is 76.4 Å². The number of amides is 2. The number of nitrogens with one attached hydrogen (secondary N) is 1. The Kier molecular flexibility index (Phi) is 9.11. The molecule has 0 aliphatic heterocycles. The average Bonchev–Trinajstić information content (AvgIpc) is 2.56. The van der Waals surface area contributed by atoms with Crippen molar-refractivity contribution in [2.45, 2.75) is 40.2 Å². The van der Waals surface area contributed by atoms with Crippen LogP contribution in [0.15, 0.2) is 18.2 Å². The van der Waals surface area contributed by atoms with Gasteiger partial charge in [0.15, 0.2) is 0 Å². The Morgan fingerprint density at radius 1 is 1.31 bits per heavy atom. The Bertz CT molecular complexity index is 670. The van der Waals surface area contributed by atoms with Gasteiger partial charge in [0, 0.05) is 23.3 Å². The lowest BCUT2D eigenvalue weighted by molar-refractivity contribution is -0.124. The summed E-state index contributed by atoms with van der Waals surface area (Å²) in [6.45, 7) is 8.70. The van der Waals surface area contributed by atoms with Crippen molar-refractivity contribution in [1.29, 1.82) is 5.26 Å². The zero-order valence-electron chi connectivity index (χ0n) is 15.9. The molecule has 0 unspecified atom stereocenters. The van der Waals surface area contributed by atoms with Crippen LogP contribution < -0.4 is 10.2 Å². The van der Waals surface area contributed by atoms with Crippen LogP contribution in [0.25, 0.3) is 0 Å². The van der Waals surface area contributed by atoms with Gasteiger partial charge in [-0.15, -0.1) is 0 Å². The maximum atomic E-state index is 12.8. The van der Waals surface area contributed by atoms with E-state index in [0.29, 0.717) is 23.8 Å². The summed E-state index contributed by atoms with van der Waals surface area (Å²) >= 11 is 6.07. The molecule has 1 rings (SSSR count). The van der Waals surface area contributed by atoms with Gasteiger partial charge in [0.25, 0.3) is 0 Å². The highest BCUT2D eigenvalue weighted by Gasteiger charge is 2.20. The third-order valence-electron chi connectivity index (χ3n) is 3.82. The summed E-state index contributed by atoms with van der Waals surface area (Å²) in [5, 5.41) is 12.4. The molecule has 142 valence electrons. The molecule has 0 fully saturated rings. The molecule has 0 heterocycles. The lowest BCUT2D eigenvalue weighted by Gasteiger charge is -2.26. The first-order valence-electron chi connectivity index (χ1n) is 8.73. The summed E-state index contributed by atoms with van der Waals surface area (Å²) in [4.78, 5) is 28.2. The third kappa shape index (κ3) is 7.03. The molecule has 7 heteroatoms. The van der Waals surface area contributed by atoms with E-state index < -0.39 is 0 Å². The van der Waals surface area contributed by atoms with Crippen LogP contribution >= 0.6 is 11.6 Å². The number of hydrogen-bond acceptors (Lipinski definition) is 4. The molecule has 0 spiro atoms. The Morgan fingerprint density at radius 2 is 2.00 bits per heavy atom. The average molecular weight is 379 g/mol. The minimum absolute atomic E-state index is 0.0566. The number of aryl methyl sites for hydroxylation is 1. The summed E-state index contributed by atoms with van der Waals surface area (Å²) in [7, 11) is 0. The number of hydrogen-bond donors (Lipinski definition) is 1. The highest BCUT2D eigenvalue weighted by Crippen LogP contribution is 2.23.